The number of phenolic OH excluding ortho intramolecular Hbond substituents is 2. The molecule has 0 aliphatic carbocycles. The third kappa shape index (κ3) is 1.52. The van der Waals surface area contributed by atoms with Crippen molar-refractivity contribution in [3.63, 3.8) is 0 Å². The largest absolute Gasteiger partial charge is 0.504 e. The molecule has 2 aromatic carbocycles. The molecule has 19 heavy (non-hydrogen) atoms. The van der Waals surface area contributed by atoms with Crippen LogP contribution in [0.4, 0.5) is 0 Å². The Kier molecular flexibility index (Phi) is 2.35. The SMILES string of the molecule is COc1cc(O)c(O)c2oc3ccccc3c(=O)c12. The predicted molar refractivity (Wildman–Crippen MR) is 69.9 cm³/mol. The molecule has 96 valence electrons. The molecule has 0 aliphatic rings. The zero-order valence-electron chi connectivity index (χ0n) is 10.0. The van der Waals surface area contributed by atoms with Crippen LogP contribution in [-0.4, -0.2) is 17.3 Å². The molecule has 1 heterocycles. The van der Waals surface area contributed by atoms with Crippen molar-refractivity contribution in [1.82, 2.24) is 0 Å². The second kappa shape index (κ2) is 3.91. The van der Waals surface area contributed by atoms with E-state index in [-0.39, 0.29) is 22.1 Å². The standard InChI is InChI=1S/C14H10O5/c1-18-10-6-8(15)13(17)14-11(10)12(16)7-4-2-3-5-9(7)19-14/h2-6,15,17H,1H3. The fourth-order valence-corrected chi connectivity index (χ4v) is 2.07. The van der Waals surface area contributed by atoms with E-state index in [1.165, 1.54) is 13.2 Å². The highest BCUT2D eigenvalue weighted by Crippen LogP contribution is 2.39. The summed E-state index contributed by atoms with van der Waals surface area (Å²) in [5, 5.41) is 19.9. The van der Waals surface area contributed by atoms with Crippen LogP contribution in [0.15, 0.2) is 39.5 Å². The minimum Gasteiger partial charge on any atom is -0.504 e. The maximum absolute atomic E-state index is 12.4. The summed E-state index contributed by atoms with van der Waals surface area (Å²) in [6.45, 7) is 0. The Morgan fingerprint density at radius 1 is 1.21 bits per heavy atom. The highest BCUT2D eigenvalue weighted by atomic mass is 16.5. The highest BCUT2D eigenvalue weighted by molar-refractivity contribution is 5.97. The summed E-state index contributed by atoms with van der Waals surface area (Å²) in [4.78, 5) is 12.4. The van der Waals surface area contributed by atoms with E-state index in [1.807, 2.05) is 0 Å². The van der Waals surface area contributed by atoms with Gasteiger partial charge in [0, 0.05) is 6.07 Å². The van der Waals surface area contributed by atoms with Gasteiger partial charge in [0.15, 0.2) is 11.3 Å². The van der Waals surface area contributed by atoms with Crippen molar-refractivity contribution in [2.24, 2.45) is 0 Å². The van der Waals surface area contributed by atoms with E-state index in [2.05, 4.69) is 0 Å². The molecule has 0 bridgehead atoms. The van der Waals surface area contributed by atoms with Crippen molar-refractivity contribution < 1.29 is 19.4 Å². The Balaban J connectivity index is 2.65. The van der Waals surface area contributed by atoms with Crippen molar-refractivity contribution in [2.45, 2.75) is 0 Å². The lowest BCUT2D eigenvalue weighted by molar-refractivity contribution is 0.387. The number of hydrogen-bond acceptors (Lipinski definition) is 5. The van der Waals surface area contributed by atoms with Gasteiger partial charge in [-0.3, -0.25) is 4.79 Å². The molecule has 0 fully saturated rings. The number of para-hydroxylation sites is 1. The molecule has 3 aromatic rings. The Hall–Kier alpha value is -2.69. The third-order valence-electron chi connectivity index (χ3n) is 2.99. The molecule has 0 atom stereocenters. The van der Waals surface area contributed by atoms with Crippen LogP contribution in [0.1, 0.15) is 0 Å². The molecule has 2 N–H and O–H groups in total. The molecular formula is C14H10O5. The van der Waals surface area contributed by atoms with Gasteiger partial charge in [-0.2, -0.15) is 0 Å². The van der Waals surface area contributed by atoms with E-state index in [9.17, 15) is 15.0 Å². The maximum atomic E-state index is 12.4. The average Bonchev–Trinajstić information content (AvgIpc) is 2.43. The second-order valence-electron chi connectivity index (χ2n) is 4.08. The Morgan fingerprint density at radius 3 is 2.68 bits per heavy atom. The number of benzene rings is 2. The molecular weight excluding hydrogens is 248 g/mol. The molecule has 0 aliphatic heterocycles. The van der Waals surface area contributed by atoms with Gasteiger partial charge in [-0.25, -0.2) is 0 Å². The van der Waals surface area contributed by atoms with E-state index < -0.39 is 11.5 Å². The number of fused-ring (bicyclic) bond motifs is 2. The van der Waals surface area contributed by atoms with Crippen LogP contribution in [0.25, 0.3) is 21.9 Å². The fraction of sp³-hybridized carbons (Fsp3) is 0.0714. The van der Waals surface area contributed by atoms with Crippen LogP contribution in [0.5, 0.6) is 17.2 Å². The van der Waals surface area contributed by atoms with Crippen molar-refractivity contribution in [3.05, 3.63) is 40.6 Å². The quantitative estimate of drug-likeness (QED) is 0.517. The van der Waals surface area contributed by atoms with Gasteiger partial charge in [0.05, 0.1) is 12.5 Å². The summed E-state index contributed by atoms with van der Waals surface area (Å²) < 4.78 is 10.6. The predicted octanol–water partition coefficient (Wildman–Crippen LogP) is 2.37. The molecule has 0 spiro atoms. The fourth-order valence-electron chi connectivity index (χ4n) is 2.07. The zero-order valence-corrected chi connectivity index (χ0v) is 10.0. The van der Waals surface area contributed by atoms with Crippen LogP contribution in [0, 0.1) is 0 Å². The van der Waals surface area contributed by atoms with E-state index in [4.69, 9.17) is 9.15 Å². The van der Waals surface area contributed by atoms with E-state index in [0.29, 0.717) is 11.0 Å². The number of hydrogen-bond donors (Lipinski definition) is 2. The summed E-state index contributed by atoms with van der Waals surface area (Å²) in [6, 6.07) is 7.87. The van der Waals surface area contributed by atoms with Gasteiger partial charge in [-0.15, -0.1) is 0 Å². The summed E-state index contributed by atoms with van der Waals surface area (Å²) in [6.07, 6.45) is 0. The number of methoxy groups -OCH3 is 1. The molecule has 3 rings (SSSR count). The first-order valence-electron chi connectivity index (χ1n) is 5.58. The van der Waals surface area contributed by atoms with Crippen LogP contribution < -0.4 is 10.2 Å². The number of ether oxygens (including phenoxy) is 1. The van der Waals surface area contributed by atoms with E-state index in [1.54, 1.807) is 24.3 Å². The second-order valence-corrected chi connectivity index (χ2v) is 4.08. The molecule has 5 heteroatoms. The van der Waals surface area contributed by atoms with Gasteiger partial charge in [0.1, 0.15) is 16.7 Å². The topological polar surface area (TPSA) is 79.9 Å². The molecule has 0 radical (unpaired) electrons. The smallest absolute Gasteiger partial charge is 0.204 e. The van der Waals surface area contributed by atoms with Gasteiger partial charge in [-0.1, -0.05) is 12.1 Å². The summed E-state index contributed by atoms with van der Waals surface area (Å²) in [5.41, 5.74) is -0.0625. The van der Waals surface area contributed by atoms with Crippen molar-refractivity contribution >= 4 is 21.9 Å². The van der Waals surface area contributed by atoms with Crippen LogP contribution in [-0.2, 0) is 0 Å². The summed E-state index contributed by atoms with van der Waals surface area (Å²) >= 11 is 0. The minimum absolute atomic E-state index is 0.0828. The van der Waals surface area contributed by atoms with Crippen LogP contribution in [0.2, 0.25) is 0 Å². The molecule has 0 amide bonds. The Bertz CT molecular complexity index is 848. The monoisotopic (exact) mass is 258 g/mol. The molecule has 0 unspecified atom stereocenters. The first-order chi connectivity index (χ1) is 9.13. The molecule has 1 aromatic heterocycles. The van der Waals surface area contributed by atoms with Crippen LogP contribution in [0.3, 0.4) is 0 Å². The van der Waals surface area contributed by atoms with E-state index >= 15 is 0 Å². The van der Waals surface area contributed by atoms with Crippen molar-refractivity contribution in [1.29, 1.82) is 0 Å². The van der Waals surface area contributed by atoms with Gasteiger partial charge in [0.25, 0.3) is 0 Å². The maximum Gasteiger partial charge on any atom is 0.204 e. The lowest BCUT2D eigenvalue weighted by Gasteiger charge is -2.08. The van der Waals surface area contributed by atoms with Crippen molar-refractivity contribution in [2.75, 3.05) is 7.11 Å². The first-order valence-corrected chi connectivity index (χ1v) is 5.58. The minimum atomic E-state index is -0.473. The van der Waals surface area contributed by atoms with Gasteiger partial charge < -0.3 is 19.4 Å². The Labute approximate surface area is 107 Å². The zero-order chi connectivity index (χ0) is 13.6. The number of phenols is 2. The first kappa shape index (κ1) is 11.4. The lowest BCUT2D eigenvalue weighted by Crippen LogP contribution is -2.04. The van der Waals surface area contributed by atoms with Crippen LogP contribution >= 0.6 is 0 Å². The number of rotatable bonds is 1. The van der Waals surface area contributed by atoms with Gasteiger partial charge in [-0.05, 0) is 12.1 Å². The van der Waals surface area contributed by atoms with Gasteiger partial charge >= 0.3 is 0 Å². The van der Waals surface area contributed by atoms with E-state index in [0.717, 1.165) is 0 Å². The third-order valence-corrected chi connectivity index (χ3v) is 2.99. The highest BCUT2D eigenvalue weighted by Gasteiger charge is 2.18. The molecule has 5 nitrogen and oxygen atoms in total. The summed E-state index contributed by atoms with van der Waals surface area (Å²) in [5.74, 6) is -0.716. The normalized spacial score (nSPS) is 11.0. The Morgan fingerprint density at radius 2 is 1.95 bits per heavy atom. The van der Waals surface area contributed by atoms with Gasteiger partial charge in [0.2, 0.25) is 11.2 Å². The summed E-state index contributed by atoms with van der Waals surface area (Å²) in [7, 11) is 1.37. The number of aromatic hydroxyl groups is 2. The van der Waals surface area contributed by atoms with Crippen molar-refractivity contribution in [3.8, 4) is 17.2 Å². The molecule has 0 saturated heterocycles. The lowest BCUT2D eigenvalue weighted by atomic mass is 10.1. The average molecular weight is 258 g/mol. The molecule has 0 saturated carbocycles.